The van der Waals surface area contributed by atoms with Crippen LogP contribution in [-0.2, 0) is 0 Å². The number of carbonyl (C=O) groups excluding carboxylic acids is 1. The lowest BCUT2D eigenvalue weighted by molar-refractivity contribution is 0.0951. The van der Waals surface area contributed by atoms with Crippen LogP contribution in [0.1, 0.15) is 30.1 Å². The average Bonchev–Trinajstić information content (AvgIpc) is 2.42. The summed E-state index contributed by atoms with van der Waals surface area (Å²) in [5, 5.41) is 11.6. The largest absolute Gasteiger partial charge is 0.494 e. The number of hydrogen-bond donors (Lipinski definition) is 2. The van der Waals surface area contributed by atoms with Crippen LogP contribution in [0.2, 0.25) is 0 Å². The van der Waals surface area contributed by atoms with Crippen molar-refractivity contribution < 1.29 is 19.0 Å². The van der Waals surface area contributed by atoms with Gasteiger partial charge in [-0.3, -0.25) is 4.79 Å². The van der Waals surface area contributed by atoms with Crippen molar-refractivity contribution >= 4 is 5.91 Å². The highest BCUT2D eigenvalue weighted by atomic mass is 19.1. The Hall–Kier alpha value is -1.62. The van der Waals surface area contributed by atoms with Crippen LogP contribution < -0.4 is 10.1 Å². The van der Waals surface area contributed by atoms with Crippen molar-refractivity contribution in [1.82, 2.24) is 5.32 Å². The summed E-state index contributed by atoms with van der Waals surface area (Å²) < 4.78 is 18.2. The topological polar surface area (TPSA) is 58.6 Å². The first kappa shape index (κ1) is 15.4. The lowest BCUT2D eigenvalue weighted by Crippen LogP contribution is -2.25. The third-order valence-electron chi connectivity index (χ3n) is 2.88. The molecule has 0 heterocycles. The first-order chi connectivity index (χ1) is 9.08. The maximum Gasteiger partial charge on any atom is 0.251 e. The van der Waals surface area contributed by atoms with E-state index in [4.69, 9.17) is 9.84 Å². The van der Waals surface area contributed by atoms with E-state index in [9.17, 15) is 9.18 Å². The van der Waals surface area contributed by atoms with E-state index in [1.165, 1.54) is 19.2 Å². The van der Waals surface area contributed by atoms with Crippen LogP contribution in [0.15, 0.2) is 18.2 Å². The van der Waals surface area contributed by atoms with Crippen molar-refractivity contribution in [2.24, 2.45) is 5.92 Å². The molecular formula is C14H20FNO3. The lowest BCUT2D eigenvalue weighted by Gasteiger charge is -2.09. The quantitative estimate of drug-likeness (QED) is 0.744. The second kappa shape index (κ2) is 7.74. The van der Waals surface area contributed by atoms with Gasteiger partial charge in [0.15, 0.2) is 11.6 Å². The number of methoxy groups -OCH3 is 1. The second-order valence-electron chi connectivity index (χ2n) is 4.54. The maximum atomic E-state index is 13.4. The summed E-state index contributed by atoms with van der Waals surface area (Å²) >= 11 is 0. The van der Waals surface area contributed by atoms with Crippen LogP contribution >= 0.6 is 0 Å². The fourth-order valence-corrected chi connectivity index (χ4v) is 1.65. The van der Waals surface area contributed by atoms with Gasteiger partial charge in [0, 0.05) is 18.7 Å². The van der Waals surface area contributed by atoms with Crippen LogP contribution in [0.5, 0.6) is 5.75 Å². The van der Waals surface area contributed by atoms with E-state index in [1.807, 2.05) is 6.92 Å². The standard InChI is InChI=1S/C14H20FNO3/c1-10(9-17)4-3-7-16-14(18)11-5-6-13(19-2)12(15)8-11/h5-6,8,10,17H,3-4,7,9H2,1-2H3,(H,16,18). The summed E-state index contributed by atoms with van der Waals surface area (Å²) in [5.41, 5.74) is 0.272. The van der Waals surface area contributed by atoms with Gasteiger partial charge in [-0.1, -0.05) is 6.92 Å². The van der Waals surface area contributed by atoms with Crippen LogP contribution in [0, 0.1) is 11.7 Å². The molecule has 19 heavy (non-hydrogen) atoms. The molecule has 1 aromatic carbocycles. The number of halogens is 1. The summed E-state index contributed by atoms with van der Waals surface area (Å²) in [5.74, 6) is -0.508. The van der Waals surface area contributed by atoms with Gasteiger partial charge >= 0.3 is 0 Å². The minimum atomic E-state index is -0.552. The van der Waals surface area contributed by atoms with Gasteiger partial charge in [-0.15, -0.1) is 0 Å². The van der Waals surface area contributed by atoms with Gasteiger partial charge in [0.05, 0.1) is 7.11 Å². The molecule has 0 aliphatic heterocycles. The molecule has 0 spiro atoms. The molecule has 5 heteroatoms. The van der Waals surface area contributed by atoms with Gasteiger partial charge in [0.2, 0.25) is 0 Å². The van der Waals surface area contributed by atoms with Crippen LogP contribution in [0.4, 0.5) is 4.39 Å². The first-order valence-corrected chi connectivity index (χ1v) is 6.31. The van der Waals surface area contributed by atoms with E-state index < -0.39 is 5.82 Å². The summed E-state index contributed by atoms with van der Waals surface area (Å²) in [4.78, 5) is 11.7. The summed E-state index contributed by atoms with van der Waals surface area (Å²) in [6, 6.07) is 4.11. The first-order valence-electron chi connectivity index (χ1n) is 6.31. The smallest absolute Gasteiger partial charge is 0.251 e. The molecule has 1 unspecified atom stereocenters. The molecule has 0 bridgehead atoms. The number of hydrogen-bond acceptors (Lipinski definition) is 3. The number of aliphatic hydroxyl groups is 1. The third kappa shape index (κ3) is 4.87. The minimum Gasteiger partial charge on any atom is -0.494 e. The number of ether oxygens (including phenoxy) is 1. The number of aliphatic hydroxyl groups excluding tert-OH is 1. The van der Waals surface area contributed by atoms with Gasteiger partial charge in [-0.25, -0.2) is 4.39 Å². The number of rotatable bonds is 7. The zero-order valence-corrected chi connectivity index (χ0v) is 11.3. The summed E-state index contributed by atoms with van der Waals surface area (Å²) in [6.07, 6.45) is 1.62. The lowest BCUT2D eigenvalue weighted by atomic mass is 10.1. The molecule has 1 aromatic rings. The highest BCUT2D eigenvalue weighted by Crippen LogP contribution is 2.17. The van der Waals surface area contributed by atoms with Crippen molar-refractivity contribution in [2.45, 2.75) is 19.8 Å². The van der Waals surface area contributed by atoms with Gasteiger partial charge in [0.25, 0.3) is 5.91 Å². The van der Waals surface area contributed by atoms with Crippen molar-refractivity contribution in [3.63, 3.8) is 0 Å². The molecule has 0 saturated carbocycles. The number of carbonyl (C=O) groups is 1. The SMILES string of the molecule is COc1ccc(C(=O)NCCCC(C)CO)cc1F. The second-order valence-corrected chi connectivity index (χ2v) is 4.54. The normalized spacial score (nSPS) is 12.0. The average molecular weight is 269 g/mol. The van der Waals surface area contributed by atoms with Crippen molar-refractivity contribution in [3.8, 4) is 5.75 Å². The van der Waals surface area contributed by atoms with E-state index in [2.05, 4.69) is 5.32 Å². The molecule has 0 aromatic heterocycles. The van der Waals surface area contributed by atoms with Crippen molar-refractivity contribution in [3.05, 3.63) is 29.6 Å². The fraction of sp³-hybridized carbons (Fsp3) is 0.500. The summed E-state index contributed by atoms with van der Waals surface area (Å²) in [7, 11) is 1.38. The highest BCUT2D eigenvalue weighted by molar-refractivity contribution is 5.94. The van der Waals surface area contributed by atoms with E-state index in [0.717, 1.165) is 18.9 Å². The molecule has 0 aliphatic rings. The van der Waals surface area contributed by atoms with Gasteiger partial charge in [-0.2, -0.15) is 0 Å². The predicted molar refractivity (Wildman–Crippen MR) is 70.8 cm³/mol. The van der Waals surface area contributed by atoms with E-state index in [1.54, 1.807) is 0 Å². The molecule has 4 nitrogen and oxygen atoms in total. The molecule has 0 fully saturated rings. The summed E-state index contributed by atoms with van der Waals surface area (Å²) in [6.45, 7) is 2.61. The van der Waals surface area contributed by atoms with Gasteiger partial charge in [0.1, 0.15) is 0 Å². The fourth-order valence-electron chi connectivity index (χ4n) is 1.65. The Labute approximate surface area is 112 Å². The molecule has 1 rings (SSSR count). The monoisotopic (exact) mass is 269 g/mol. The molecule has 2 N–H and O–H groups in total. The molecule has 1 atom stereocenters. The van der Waals surface area contributed by atoms with E-state index in [0.29, 0.717) is 6.54 Å². The zero-order valence-electron chi connectivity index (χ0n) is 11.3. The maximum absolute atomic E-state index is 13.4. The molecular weight excluding hydrogens is 249 g/mol. The Morgan fingerprint density at radius 2 is 2.26 bits per heavy atom. The Bertz CT molecular complexity index is 423. The predicted octanol–water partition coefficient (Wildman–Crippen LogP) is 1.97. The van der Waals surface area contributed by atoms with Crippen LogP contribution in [0.3, 0.4) is 0 Å². The third-order valence-corrected chi connectivity index (χ3v) is 2.88. The number of nitrogens with one attached hydrogen (secondary N) is 1. The number of benzene rings is 1. The number of amides is 1. The van der Waals surface area contributed by atoms with Crippen molar-refractivity contribution in [2.75, 3.05) is 20.3 Å². The minimum absolute atomic E-state index is 0.119. The Morgan fingerprint density at radius 1 is 1.53 bits per heavy atom. The molecule has 1 amide bonds. The Morgan fingerprint density at radius 3 is 2.84 bits per heavy atom. The molecule has 0 saturated heterocycles. The Kier molecular flexibility index (Phi) is 6.29. The van der Waals surface area contributed by atoms with Crippen LogP contribution in [-0.4, -0.2) is 31.3 Å². The van der Waals surface area contributed by atoms with Crippen LogP contribution in [0.25, 0.3) is 0 Å². The zero-order chi connectivity index (χ0) is 14.3. The van der Waals surface area contributed by atoms with Gasteiger partial charge in [-0.05, 0) is 37.0 Å². The van der Waals surface area contributed by atoms with E-state index in [-0.39, 0.29) is 29.7 Å². The molecule has 106 valence electrons. The highest BCUT2D eigenvalue weighted by Gasteiger charge is 2.09. The molecule has 0 radical (unpaired) electrons. The van der Waals surface area contributed by atoms with E-state index >= 15 is 0 Å². The molecule has 0 aliphatic carbocycles. The Balaban J connectivity index is 2.43. The van der Waals surface area contributed by atoms with Crippen molar-refractivity contribution in [1.29, 1.82) is 0 Å². The van der Waals surface area contributed by atoms with Gasteiger partial charge < -0.3 is 15.2 Å².